The van der Waals surface area contributed by atoms with Crippen LogP contribution in [0.4, 0.5) is 11.5 Å². The molecule has 0 radical (unpaired) electrons. The lowest BCUT2D eigenvalue weighted by molar-refractivity contribution is -0.120. The maximum Gasteiger partial charge on any atom is 0.286 e. The van der Waals surface area contributed by atoms with Crippen LogP contribution in [0.5, 0.6) is 5.75 Å². The Kier molecular flexibility index (Phi) is 6.09. The molecule has 3 N–H and O–H groups in total. The zero-order chi connectivity index (χ0) is 24.6. The van der Waals surface area contributed by atoms with Crippen LogP contribution in [0.15, 0.2) is 45.8 Å². The van der Waals surface area contributed by atoms with Crippen molar-refractivity contribution in [2.24, 2.45) is 22.0 Å². The van der Waals surface area contributed by atoms with Crippen molar-refractivity contribution in [3.8, 4) is 5.75 Å². The van der Waals surface area contributed by atoms with E-state index in [4.69, 9.17) is 10.5 Å². The summed E-state index contributed by atoms with van der Waals surface area (Å²) < 4.78 is 34.8. The molecule has 3 heterocycles. The number of sulfonamides is 1. The summed E-state index contributed by atoms with van der Waals surface area (Å²) in [6.45, 7) is 3.91. The SMILES string of the molecule is CC(C)CCN1C(=O)C(C2=NS(=O)(=O)c3cc(OCC(N)=O)ccc3N2)C(=O)c2cccnc21. The first-order chi connectivity index (χ1) is 16.1. The molecule has 1 aromatic carbocycles. The van der Waals surface area contributed by atoms with Gasteiger partial charge >= 0.3 is 0 Å². The van der Waals surface area contributed by atoms with Gasteiger partial charge in [-0.05, 0) is 36.6 Å². The third-order valence-corrected chi connectivity index (χ3v) is 6.71. The number of carbonyl (C=O) groups excluding carboxylic acids is 3. The van der Waals surface area contributed by atoms with Crippen molar-refractivity contribution in [1.29, 1.82) is 0 Å². The van der Waals surface area contributed by atoms with Crippen LogP contribution in [0, 0.1) is 11.8 Å². The molecule has 0 saturated carbocycles. The Morgan fingerprint density at radius 2 is 2.03 bits per heavy atom. The molecule has 178 valence electrons. The molecular weight excluding hydrogens is 462 g/mol. The van der Waals surface area contributed by atoms with Crippen LogP contribution in [0.3, 0.4) is 0 Å². The van der Waals surface area contributed by atoms with Gasteiger partial charge in [-0.1, -0.05) is 13.8 Å². The average molecular weight is 486 g/mol. The second kappa shape index (κ2) is 8.86. The van der Waals surface area contributed by atoms with E-state index in [2.05, 4.69) is 14.7 Å². The van der Waals surface area contributed by atoms with Crippen LogP contribution in [0.1, 0.15) is 30.6 Å². The van der Waals surface area contributed by atoms with Gasteiger partial charge in [0.15, 0.2) is 18.3 Å². The van der Waals surface area contributed by atoms with Gasteiger partial charge in [-0.2, -0.15) is 8.42 Å². The van der Waals surface area contributed by atoms with Crippen molar-refractivity contribution in [1.82, 2.24) is 4.98 Å². The number of fused-ring (bicyclic) bond motifs is 2. The molecule has 2 aliphatic rings. The zero-order valence-corrected chi connectivity index (χ0v) is 19.3. The van der Waals surface area contributed by atoms with E-state index in [1.165, 1.54) is 29.3 Å². The Morgan fingerprint density at radius 3 is 2.74 bits per heavy atom. The Labute approximate surface area is 196 Å². The summed E-state index contributed by atoms with van der Waals surface area (Å²) in [5, 5.41) is 2.83. The highest BCUT2D eigenvalue weighted by Gasteiger charge is 2.45. The molecule has 2 aromatic rings. The highest BCUT2D eigenvalue weighted by atomic mass is 32.2. The molecule has 4 rings (SSSR count). The van der Waals surface area contributed by atoms with E-state index in [1.807, 2.05) is 13.8 Å². The molecule has 0 aliphatic carbocycles. The van der Waals surface area contributed by atoms with E-state index in [0.29, 0.717) is 18.9 Å². The highest BCUT2D eigenvalue weighted by Crippen LogP contribution is 2.35. The number of nitrogens with zero attached hydrogens (tertiary/aromatic N) is 3. The maximum absolute atomic E-state index is 13.4. The molecule has 2 aliphatic heterocycles. The van der Waals surface area contributed by atoms with Crippen molar-refractivity contribution in [2.45, 2.75) is 25.2 Å². The molecule has 1 aromatic heterocycles. The van der Waals surface area contributed by atoms with Crippen LogP contribution >= 0.6 is 0 Å². The number of ketones is 1. The third kappa shape index (κ3) is 4.36. The van der Waals surface area contributed by atoms with Crippen molar-refractivity contribution < 1.29 is 27.5 Å². The zero-order valence-electron chi connectivity index (χ0n) is 18.5. The Bertz CT molecular complexity index is 1320. The van der Waals surface area contributed by atoms with Gasteiger partial charge in [0.1, 0.15) is 22.3 Å². The third-order valence-electron chi connectivity index (χ3n) is 5.38. The lowest BCUT2D eigenvalue weighted by Crippen LogP contribution is -2.51. The first-order valence-electron chi connectivity index (χ1n) is 10.6. The number of primary amides is 1. The fraction of sp³-hybridized carbons (Fsp3) is 0.318. The normalized spacial score (nSPS) is 18.6. The average Bonchev–Trinajstić information content (AvgIpc) is 2.77. The monoisotopic (exact) mass is 485 g/mol. The quantitative estimate of drug-likeness (QED) is 0.556. The van der Waals surface area contributed by atoms with Crippen LogP contribution in [-0.4, -0.2) is 50.0 Å². The fourth-order valence-electron chi connectivity index (χ4n) is 3.70. The van der Waals surface area contributed by atoms with E-state index in [0.717, 1.165) is 0 Å². The number of aromatic nitrogens is 1. The molecule has 0 saturated heterocycles. The predicted molar refractivity (Wildman–Crippen MR) is 123 cm³/mol. The molecule has 0 bridgehead atoms. The standard InChI is InChI=1S/C22H23N5O6S/c1-12(2)7-9-27-21-14(4-3-8-24-21)19(29)18(22(27)30)20-25-15-6-5-13(33-11-17(23)28)10-16(15)34(31,32)26-20/h3-6,8,10,12,18H,7,9,11H2,1-2H3,(H2,23,28)(H,25,26). The van der Waals surface area contributed by atoms with Gasteiger partial charge in [0.2, 0.25) is 5.91 Å². The van der Waals surface area contributed by atoms with Crippen LogP contribution in [0.2, 0.25) is 0 Å². The van der Waals surface area contributed by atoms with Gasteiger partial charge in [0.05, 0.1) is 11.3 Å². The highest BCUT2D eigenvalue weighted by molar-refractivity contribution is 7.90. The first kappa shape index (κ1) is 23.4. The Hall–Kier alpha value is -3.80. The summed E-state index contributed by atoms with van der Waals surface area (Å²) in [4.78, 5) is 43.0. The molecule has 0 fully saturated rings. The number of nitrogens with two attached hydrogens (primary N) is 1. The molecule has 11 nitrogen and oxygen atoms in total. The minimum atomic E-state index is -4.28. The second-order valence-electron chi connectivity index (χ2n) is 8.33. The number of ether oxygens (including phenoxy) is 1. The summed E-state index contributed by atoms with van der Waals surface area (Å²) >= 11 is 0. The number of anilines is 2. The van der Waals surface area contributed by atoms with Crippen LogP contribution in [0.25, 0.3) is 0 Å². The number of amidine groups is 1. The molecule has 1 atom stereocenters. The predicted octanol–water partition coefficient (Wildman–Crippen LogP) is 1.35. The number of hydrogen-bond donors (Lipinski definition) is 2. The lowest BCUT2D eigenvalue weighted by Gasteiger charge is -2.33. The number of hydrogen-bond acceptors (Lipinski definition) is 8. The van der Waals surface area contributed by atoms with Gasteiger partial charge in [0.25, 0.3) is 15.9 Å². The summed E-state index contributed by atoms with van der Waals surface area (Å²) in [7, 11) is -4.28. The second-order valence-corrected chi connectivity index (χ2v) is 9.91. The van der Waals surface area contributed by atoms with Gasteiger partial charge in [-0.25, -0.2) is 4.98 Å². The summed E-state index contributed by atoms with van der Waals surface area (Å²) in [6.07, 6.45) is 2.16. The van der Waals surface area contributed by atoms with Gasteiger partial charge in [0, 0.05) is 18.8 Å². The van der Waals surface area contributed by atoms with Crippen LogP contribution < -0.4 is 20.7 Å². The molecule has 0 spiro atoms. The van der Waals surface area contributed by atoms with E-state index < -0.39 is 40.1 Å². The van der Waals surface area contributed by atoms with Gasteiger partial charge in [-0.3, -0.25) is 19.3 Å². The van der Waals surface area contributed by atoms with E-state index >= 15 is 0 Å². The van der Waals surface area contributed by atoms with E-state index in [9.17, 15) is 22.8 Å². The Balaban J connectivity index is 1.71. The van der Waals surface area contributed by atoms with Gasteiger partial charge < -0.3 is 15.8 Å². The molecule has 1 unspecified atom stereocenters. The van der Waals surface area contributed by atoms with Crippen molar-refractivity contribution in [2.75, 3.05) is 23.4 Å². The number of carbonyl (C=O) groups is 3. The summed E-state index contributed by atoms with van der Waals surface area (Å²) in [6, 6.07) is 7.17. The number of benzene rings is 1. The largest absolute Gasteiger partial charge is 0.484 e. The lowest BCUT2D eigenvalue weighted by atomic mass is 9.90. The van der Waals surface area contributed by atoms with E-state index in [-0.39, 0.29) is 33.5 Å². The minimum Gasteiger partial charge on any atom is -0.484 e. The maximum atomic E-state index is 13.4. The molecular formula is C22H23N5O6S. The number of pyridine rings is 1. The topological polar surface area (TPSA) is 161 Å². The first-order valence-corrected chi connectivity index (χ1v) is 12.0. The van der Waals surface area contributed by atoms with Crippen LogP contribution in [-0.2, 0) is 19.6 Å². The Morgan fingerprint density at radius 1 is 1.26 bits per heavy atom. The van der Waals surface area contributed by atoms with Crippen molar-refractivity contribution in [3.05, 3.63) is 42.1 Å². The molecule has 34 heavy (non-hydrogen) atoms. The van der Waals surface area contributed by atoms with E-state index in [1.54, 1.807) is 12.1 Å². The fourth-order valence-corrected chi connectivity index (χ4v) is 4.88. The number of rotatable bonds is 7. The van der Waals surface area contributed by atoms with Crippen molar-refractivity contribution >= 4 is 45.0 Å². The van der Waals surface area contributed by atoms with Gasteiger partial charge in [-0.15, -0.1) is 4.40 Å². The molecule has 12 heteroatoms. The molecule has 2 amide bonds. The summed E-state index contributed by atoms with van der Waals surface area (Å²) in [5.74, 6) is -2.99. The number of amides is 2. The number of nitrogens with one attached hydrogen (secondary N) is 1. The number of Topliss-reactive ketones (excluding diaryl/α,β-unsaturated/α-hetero) is 1. The smallest absolute Gasteiger partial charge is 0.286 e. The minimum absolute atomic E-state index is 0.103. The van der Waals surface area contributed by atoms with Crippen molar-refractivity contribution in [3.63, 3.8) is 0 Å². The summed E-state index contributed by atoms with van der Waals surface area (Å²) in [5.41, 5.74) is 5.40.